The topological polar surface area (TPSA) is 55.8 Å². The zero-order valence-electron chi connectivity index (χ0n) is 19.1. The van der Waals surface area contributed by atoms with Crippen LogP contribution in [-0.4, -0.2) is 73.1 Å². The number of rotatable bonds is 11. The molecule has 2 aromatic rings. The Hall–Kier alpha value is -1.96. The predicted octanol–water partition coefficient (Wildman–Crippen LogP) is 3.15. The molecule has 1 aromatic heterocycles. The van der Waals surface area contributed by atoms with Gasteiger partial charge in [0, 0.05) is 64.2 Å². The number of benzene rings is 1. The largest absolute Gasteiger partial charge is 0.357 e. The number of nitrogens with one attached hydrogen (secondary N) is 2. The molecule has 1 fully saturated rings. The van der Waals surface area contributed by atoms with Gasteiger partial charge in [0.05, 0.1) is 10.7 Å². The van der Waals surface area contributed by atoms with Gasteiger partial charge >= 0.3 is 0 Å². The lowest BCUT2D eigenvalue weighted by Crippen LogP contribution is -2.46. The summed E-state index contributed by atoms with van der Waals surface area (Å²) >= 11 is 1.71. The van der Waals surface area contributed by atoms with Gasteiger partial charge in [-0.15, -0.1) is 11.3 Å². The molecule has 2 heterocycles. The van der Waals surface area contributed by atoms with E-state index in [1.54, 1.807) is 11.3 Å². The second-order valence-corrected chi connectivity index (χ2v) is 9.17. The minimum Gasteiger partial charge on any atom is -0.357 e. The fraction of sp³-hybridized carbons (Fsp3) is 0.583. The fourth-order valence-electron chi connectivity index (χ4n) is 3.82. The molecule has 170 valence electrons. The van der Waals surface area contributed by atoms with Crippen molar-refractivity contribution in [2.75, 3.05) is 52.4 Å². The van der Waals surface area contributed by atoms with Gasteiger partial charge in [0.2, 0.25) is 0 Å². The summed E-state index contributed by atoms with van der Waals surface area (Å²) in [6.07, 6.45) is 3.27. The molecule has 0 amide bonds. The quantitative estimate of drug-likeness (QED) is 0.318. The van der Waals surface area contributed by atoms with Crippen molar-refractivity contribution < 1.29 is 0 Å². The van der Waals surface area contributed by atoms with Crippen LogP contribution in [0.2, 0.25) is 0 Å². The Labute approximate surface area is 191 Å². The number of piperazine rings is 1. The van der Waals surface area contributed by atoms with Crippen molar-refractivity contribution in [3.63, 3.8) is 0 Å². The predicted molar refractivity (Wildman–Crippen MR) is 132 cm³/mol. The highest BCUT2D eigenvalue weighted by Crippen LogP contribution is 2.09. The van der Waals surface area contributed by atoms with Crippen LogP contribution in [0.5, 0.6) is 0 Å². The summed E-state index contributed by atoms with van der Waals surface area (Å²) < 4.78 is 0. The molecule has 1 aliphatic rings. The van der Waals surface area contributed by atoms with Crippen LogP contribution in [0, 0.1) is 6.92 Å². The average molecular weight is 443 g/mol. The fourth-order valence-corrected chi connectivity index (χ4v) is 4.47. The molecule has 3 rings (SSSR count). The van der Waals surface area contributed by atoms with E-state index in [0.717, 1.165) is 55.7 Å². The average Bonchev–Trinajstić information content (AvgIpc) is 3.20. The van der Waals surface area contributed by atoms with Crippen LogP contribution in [0.3, 0.4) is 0 Å². The summed E-state index contributed by atoms with van der Waals surface area (Å²) in [6.45, 7) is 13.7. The Balaban J connectivity index is 1.27. The van der Waals surface area contributed by atoms with Gasteiger partial charge in [0.25, 0.3) is 0 Å². The molecular weight excluding hydrogens is 404 g/mol. The number of hydrogen-bond donors (Lipinski definition) is 2. The highest BCUT2D eigenvalue weighted by Gasteiger charge is 2.16. The third-order valence-electron chi connectivity index (χ3n) is 5.55. The third-order valence-corrected chi connectivity index (χ3v) is 6.37. The highest BCUT2D eigenvalue weighted by molar-refractivity contribution is 7.09. The first-order valence-electron chi connectivity index (χ1n) is 11.6. The maximum Gasteiger partial charge on any atom is 0.191 e. The number of aromatic nitrogens is 1. The Morgan fingerprint density at radius 3 is 2.55 bits per heavy atom. The molecule has 1 aliphatic heterocycles. The van der Waals surface area contributed by atoms with Crippen molar-refractivity contribution >= 4 is 17.3 Å². The summed E-state index contributed by atoms with van der Waals surface area (Å²) in [6, 6.07) is 10.8. The molecule has 6 nitrogen and oxygen atoms in total. The van der Waals surface area contributed by atoms with Crippen LogP contribution in [0.1, 0.15) is 36.0 Å². The van der Waals surface area contributed by atoms with Crippen LogP contribution in [0.25, 0.3) is 0 Å². The normalized spacial score (nSPS) is 15.9. The lowest BCUT2D eigenvalue weighted by molar-refractivity contribution is 0.126. The van der Waals surface area contributed by atoms with E-state index in [2.05, 4.69) is 75.0 Å². The van der Waals surface area contributed by atoms with Crippen molar-refractivity contribution in [1.29, 1.82) is 0 Å². The summed E-state index contributed by atoms with van der Waals surface area (Å²) in [5, 5.41) is 10.0. The van der Waals surface area contributed by atoms with E-state index in [-0.39, 0.29) is 0 Å². The molecule has 7 heteroatoms. The maximum absolute atomic E-state index is 4.74. The van der Waals surface area contributed by atoms with Crippen molar-refractivity contribution in [2.24, 2.45) is 4.99 Å². The van der Waals surface area contributed by atoms with Crippen LogP contribution in [-0.2, 0) is 13.0 Å². The van der Waals surface area contributed by atoms with E-state index < -0.39 is 0 Å². The molecule has 0 saturated carbocycles. The summed E-state index contributed by atoms with van der Waals surface area (Å²) in [5.74, 6) is 0.920. The van der Waals surface area contributed by atoms with Crippen molar-refractivity contribution in [1.82, 2.24) is 25.4 Å². The first kappa shape index (κ1) is 23.7. The second kappa shape index (κ2) is 13.5. The number of nitrogens with zero attached hydrogens (tertiary/aromatic N) is 4. The Bertz CT molecular complexity index is 767. The standard InChI is InChI=1S/C24H38N6S/c1-3-25-24(27-13-11-23-20-31-21(2)28-23)26-12-7-8-14-29-15-17-30(18-16-29)19-22-9-5-4-6-10-22/h4-6,9-10,20H,3,7-8,11-19H2,1-2H3,(H2,25,26,27). The van der Waals surface area contributed by atoms with E-state index in [4.69, 9.17) is 4.99 Å². The Morgan fingerprint density at radius 1 is 1.06 bits per heavy atom. The maximum atomic E-state index is 4.74. The molecular formula is C24H38N6S. The molecule has 1 saturated heterocycles. The Morgan fingerprint density at radius 2 is 1.84 bits per heavy atom. The number of unbranched alkanes of at least 4 members (excludes halogenated alkanes) is 1. The molecule has 0 atom stereocenters. The zero-order valence-corrected chi connectivity index (χ0v) is 20.0. The van der Waals surface area contributed by atoms with Gasteiger partial charge in [-0.1, -0.05) is 30.3 Å². The molecule has 2 N–H and O–H groups in total. The molecule has 0 radical (unpaired) electrons. The second-order valence-electron chi connectivity index (χ2n) is 8.11. The minimum absolute atomic E-state index is 0.863. The van der Waals surface area contributed by atoms with Gasteiger partial charge in [-0.05, 0) is 38.8 Å². The van der Waals surface area contributed by atoms with Gasteiger partial charge in [-0.25, -0.2) is 4.98 Å². The van der Waals surface area contributed by atoms with Crippen molar-refractivity contribution in [3.05, 3.63) is 52.0 Å². The molecule has 31 heavy (non-hydrogen) atoms. The number of hydrogen-bond acceptors (Lipinski definition) is 5. The van der Waals surface area contributed by atoms with E-state index in [1.807, 2.05) is 0 Å². The van der Waals surface area contributed by atoms with Crippen LogP contribution >= 0.6 is 11.3 Å². The van der Waals surface area contributed by atoms with Crippen LogP contribution in [0.4, 0.5) is 0 Å². The minimum atomic E-state index is 0.863. The molecule has 0 spiro atoms. The van der Waals surface area contributed by atoms with Gasteiger partial charge in [-0.2, -0.15) is 0 Å². The summed E-state index contributed by atoms with van der Waals surface area (Å²) in [5.41, 5.74) is 2.58. The van der Waals surface area contributed by atoms with E-state index in [1.165, 1.54) is 44.7 Å². The Kier molecular flexibility index (Phi) is 10.3. The monoisotopic (exact) mass is 442 g/mol. The lowest BCUT2D eigenvalue weighted by atomic mass is 10.2. The van der Waals surface area contributed by atoms with Crippen molar-refractivity contribution in [3.8, 4) is 0 Å². The molecule has 0 bridgehead atoms. The summed E-state index contributed by atoms with van der Waals surface area (Å²) in [4.78, 5) is 14.4. The summed E-state index contributed by atoms with van der Waals surface area (Å²) in [7, 11) is 0. The van der Waals surface area contributed by atoms with Gasteiger partial charge in [0.1, 0.15) is 0 Å². The zero-order chi connectivity index (χ0) is 21.7. The molecule has 0 aliphatic carbocycles. The number of aliphatic imine (C=N–C) groups is 1. The van der Waals surface area contributed by atoms with E-state index >= 15 is 0 Å². The first-order valence-corrected chi connectivity index (χ1v) is 12.5. The molecule has 0 unspecified atom stereocenters. The SMILES string of the molecule is CCNC(=NCCCCN1CCN(Cc2ccccc2)CC1)NCCc1csc(C)n1. The van der Waals surface area contributed by atoms with Gasteiger partial charge < -0.3 is 15.5 Å². The third kappa shape index (κ3) is 8.97. The van der Waals surface area contributed by atoms with Gasteiger partial charge in [0.15, 0.2) is 5.96 Å². The molecule has 1 aromatic carbocycles. The number of guanidine groups is 1. The van der Waals surface area contributed by atoms with Crippen LogP contribution in [0.15, 0.2) is 40.7 Å². The van der Waals surface area contributed by atoms with Crippen molar-refractivity contribution in [2.45, 2.75) is 39.7 Å². The lowest BCUT2D eigenvalue weighted by Gasteiger charge is -2.34. The first-order chi connectivity index (χ1) is 15.2. The number of aryl methyl sites for hydroxylation is 1. The van der Waals surface area contributed by atoms with Crippen LogP contribution < -0.4 is 10.6 Å². The smallest absolute Gasteiger partial charge is 0.191 e. The highest BCUT2D eigenvalue weighted by atomic mass is 32.1. The van der Waals surface area contributed by atoms with Gasteiger partial charge in [-0.3, -0.25) is 9.89 Å². The van der Waals surface area contributed by atoms with E-state index in [0.29, 0.717) is 0 Å². The number of thiazole rings is 1. The van der Waals surface area contributed by atoms with E-state index in [9.17, 15) is 0 Å².